The minimum atomic E-state index is -0.714. The SMILES string of the molecule is O=[13C](O)CCCCCCCCCC[13C](=O)O. The van der Waals surface area contributed by atoms with Gasteiger partial charge in [0.1, 0.15) is 0 Å². The Balaban J connectivity index is 2.98. The number of carbonyl (C=O) groups is 2. The highest BCUT2D eigenvalue weighted by atomic mass is 16.5. The van der Waals surface area contributed by atoms with Crippen LogP contribution in [-0.4, -0.2) is 22.2 Å². The van der Waals surface area contributed by atoms with Gasteiger partial charge in [-0.15, -0.1) is 0 Å². The topological polar surface area (TPSA) is 74.6 Å². The number of unbranched alkanes of at least 4 members (excludes halogenated alkanes) is 7. The molecule has 0 fully saturated rings. The zero-order valence-electron chi connectivity index (χ0n) is 9.78. The molecule has 0 saturated heterocycles. The quantitative estimate of drug-likeness (QED) is 0.424. The highest BCUT2D eigenvalue weighted by molar-refractivity contribution is 5.66. The van der Waals surface area contributed by atoms with Crippen molar-refractivity contribution in [3.05, 3.63) is 0 Å². The molecule has 0 aromatic rings. The molecule has 2 N–H and O–H groups in total. The second-order valence-electron chi connectivity index (χ2n) is 4.12. The van der Waals surface area contributed by atoms with Gasteiger partial charge in [0.05, 0.1) is 0 Å². The Bertz CT molecular complexity index is 179. The number of hydrogen-bond donors (Lipinski definition) is 2. The molecule has 0 atom stereocenters. The molecule has 0 rings (SSSR count). The van der Waals surface area contributed by atoms with E-state index in [2.05, 4.69) is 0 Å². The molecule has 0 radical (unpaired) electrons. The molecule has 0 unspecified atom stereocenters. The first-order valence-electron chi connectivity index (χ1n) is 6.06. The molecule has 0 aliphatic carbocycles. The molecule has 4 nitrogen and oxygen atoms in total. The summed E-state index contributed by atoms with van der Waals surface area (Å²) in [4.78, 5) is 20.4. The second kappa shape index (κ2) is 10.5. The summed E-state index contributed by atoms with van der Waals surface area (Å²) < 4.78 is 0. The zero-order valence-corrected chi connectivity index (χ0v) is 9.78. The predicted molar refractivity (Wildman–Crippen MR) is 61.4 cm³/mol. The Morgan fingerprint density at radius 3 is 1.06 bits per heavy atom. The van der Waals surface area contributed by atoms with Crippen molar-refractivity contribution in [3.8, 4) is 0 Å². The molecule has 0 aromatic heterocycles. The molecular formula is C12H22O4. The van der Waals surface area contributed by atoms with E-state index in [-0.39, 0.29) is 12.8 Å². The number of aliphatic carboxylic acids is 2. The summed E-state index contributed by atoms with van der Waals surface area (Å²) in [5.41, 5.74) is 0. The third-order valence-corrected chi connectivity index (χ3v) is 2.53. The molecule has 0 bridgehead atoms. The second-order valence-corrected chi connectivity index (χ2v) is 4.12. The summed E-state index contributed by atoms with van der Waals surface area (Å²) in [7, 11) is 0. The van der Waals surface area contributed by atoms with E-state index in [1.54, 1.807) is 0 Å². The first-order valence-corrected chi connectivity index (χ1v) is 6.06. The van der Waals surface area contributed by atoms with Crippen molar-refractivity contribution in [2.24, 2.45) is 0 Å². The highest BCUT2D eigenvalue weighted by Gasteiger charge is 1.98. The highest BCUT2D eigenvalue weighted by Crippen LogP contribution is 2.10. The van der Waals surface area contributed by atoms with E-state index in [1.165, 1.54) is 0 Å². The summed E-state index contributed by atoms with van der Waals surface area (Å²) in [5, 5.41) is 16.8. The van der Waals surface area contributed by atoms with Crippen molar-refractivity contribution in [2.75, 3.05) is 0 Å². The van der Waals surface area contributed by atoms with Crippen LogP contribution in [0.25, 0.3) is 0 Å². The van der Waals surface area contributed by atoms with Gasteiger partial charge in [0.2, 0.25) is 0 Å². The van der Waals surface area contributed by atoms with Gasteiger partial charge in [-0.3, -0.25) is 9.59 Å². The molecular weight excluding hydrogens is 210 g/mol. The van der Waals surface area contributed by atoms with Crippen molar-refractivity contribution in [1.29, 1.82) is 0 Å². The van der Waals surface area contributed by atoms with Crippen LogP contribution >= 0.6 is 0 Å². The zero-order chi connectivity index (χ0) is 12.2. The lowest BCUT2D eigenvalue weighted by atomic mass is 10.1. The lowest BCUT2D eigenvalue weighted by Gasteiger charge is -2.00. The van der Waals surface area contributed by atoms with Gasteiger partial charge in [-0.05, 0) is 12.8 Å². The largest absolute Gasteiger partial charge is 0.481 e. The summed E-state index contributed by atoms with van der Waals surface area (Å²) in [5.74, 6) is -1.43. The Morgan fingerprint density at radius 2 is 0.812 bits per heavy atom. The Morgan fingerprint density at radius 1 is 0.562 bits per heavy atom. The van der Waals surface area contributed by atoms with E-state index in [0.717, 1.165) is 51.4 Å². The maximum Gasteiger partial charge on any atom is 0.303 e. The summed E-state index contributed by atoms with van der Waals surface area (Å²) in [6.07, 6.45) is 8.51. The van der Waals surface area contributed by atoms with Gasteiger partial charge in [0.25, 0.3) is 0 Å². The Kier molecular flexibility index (Phi) is 9.76. The fraction of sp³-hybridized carbons (Fsp3) is 0.833. The fourth-order valence-corrected chi connectivity index (χ4v) is 1.61. The molecule has 4 heteroatoms. The van der Waals surface area contributed by atoms with Crippen LogP contribution in [0.15, 0.2) is 0 Å². The summed E-state index contributed by atoms with van der Waals surface area (Å²) in [6, 6.07) is 0. The average molecular weight is 232 g/mol. The third-order valence-electron chi connectivity index (χ3n) is 2.53. The van der Waals surface area contributed by atoms with E-state index >= 15 is 0 Å². The van der Waals surface area contributed by atoms with Crippen LogP contribution in [0.5, 0.6) is 0 Å². The van der Waals surface area contributed by atoms with E-state index in [1.807, 2.05) is 0 Å². The normalized spacial score (nSPS) is 10.2. The molecule has 0 spiro atoms. The van der Waals surface area contributed by atoms with Crippen LogP contribution in [0.4, 0.5) is 0 Å². The van der Waals surface area contributed by atoms with E-state index < -0.39 is 11.9 Å². The minimum Gasteiger partial charge on any atom is -0.481 e. The molecule has 0 aliphatic heterocycles. The van der Waals surface area contributed by atoms with Gasteiger partial charge in [0.15, 0.2) is 0 Å². The monoisotopic (exact) mass is 232 g/mol. The summed E-state index contributed by atoms with van der Waals surface area (Å²) in [6.45, 7) is 0. The average Bonchev–Trinajstić information content (AvgIpc) is 2.20. The van der Waals surface area contributed by atoms with E-state index in [9.17, 15) is 9.59 Å². The van der Waals surface area contributed by atoms with Crippen LogP contribution in [0.1, 0.15) is 64.2 Å². The van der Waals surface area contributed by atoms with Crippen LogP contribution in [0.2, 0.25) is 0 Å². The van der Waals surface area contributed by atoms with E-state index in [4.69, 9.17) is 10.2 Å². The lowest BCUT2D eigenvalue weighted by molar-refractivity contribution is -0.138. The molecule has 94 valence electrons. The van der Waals surface area contributed by atoms with Crippen LogP contribution in [0, 0.1) is 0 Å². The third kappa shape index (κ3) is 12.9. The Hall–Kier alpha value is -1.06. The van der Waals surface area contributed by atoms with Crippen molar-refractivity contribution >= 4 is 11.9 Å². The van der Waals surface area contributed by atoms with Gasteiger partial charge in [-0.25, -0.2) is 0 Å². The standard InChI is InChI=1S/C12H22O4/c13-11(14)9-7-5-3-1-2-4-6-8-10-12(15)16/h1-10H2,(H,13,14)(H,15,16)/i11+1,12+1. The van der Waals surface area contributed by atoms with Crippen LogP contribution < -0.4 is 0 Å². The maximum absolute atomic E-state index is 10.2. The van der Waals surface area contributed by atoms with Crippen molar-refractivity contribution in [3.63, 3.8) is 0 Å². The van der Waals surface area contributed by atoms with E-state index in [0.29, 0.717) is 0 Å². The van der Waals surface area contributed by atoms with Crippen LogP contribution in [-0.2, 0) is 9.59 Å². The van der Waals surface area contributed by atoms with Crippen molar-refractivity contribution < 1.29 is 19.8 Å². The minimum absolute atomic E-state index is 0.276. The first-order chi connectivity index (χ1) is 7.63. The summed E-state index contributed by atoms with van der Waals surface area (Å²) >= 11 is 0. The molecule has 0 aliphatic rings. The molecule has 0 amide bonds. The van der Waals surface area contributed by atoms with Crippen molar-refractivity contribution in [2.45, 2.75) is 64.2 Å². The van der Waals surface area contributed by atoms with Gasteiger partial charge in [-0.2, -0.15) is 0 Å². The van der Waals surface area contributed by atoms with Gasteiger partial charge < -0.3 is 10.2 Å². The smallest absolute Gasteiger partial charge is 0.303 e. The molecule has 0 saturated carbocycles. The maximum atomic E-state index is 10.2. The van der Waals surface area contributed by atoms with Gasteiger partial charge >= 0.3 is 11.9 Å². The molecule has 0 aromatic carbocycles. The van der Waals surface area contributed by atoms with Crippen molar-refractivity contribution in [1.82, 2.24) is 0 Å². The van der Waals surface area contributed by atoms with Crippen LogP contribution in [0.3, 0.4) is 0 Å². The number of carboxylic acids is 2. The number of carboxylic acid groups (broad SMARTS) is 2. The first kappa shape index (κ1) is 14.9. The molecule has 0 heterocycles. The Labute approximate surface area is 96.7 Å². The number of rotatable bonds is 11. The lowest BCUT2D eigenvalue weighted by Crippen LogP contribution is -1.94. The predicted octanol–water partition coefficient (Wildman–Crippen LogP) is 3.06. The van der Waals surface area contributed by atoms with Gasteiger partial charge in [-0.1, -0.05) is 38.5 Å². The molecule has 16 heavy (non-hydrogen) atoms. The fourth-order valence-electron chi connectivity index (χ4n) is 1.61. The van der Waals surface area contributed by atoms with Gasteiger partial charge in [0, 0.05) is 12.8 Å². The number of hydrogen-bond acceptors (Lipinski definition) is 2.